The van der Waals surface area contributed by atoms with Gasteiger partial charge in [0.2, 0.25) is 0 Å². The van der Waals surface area contributed by atoms with Gasteiger partial charge in [0.25, 0.3) is 0 Å². The van der Waals surface area contributed by atoms with E-state index in [1.807, 2.05) is 10.9 Å². The van der Waals surface area contributed by atoms with Crippen LogP contribution >= 0.6 is 0 Å². The summed E-state index contributed by atoms with van der Waals surface area (Å²) in [6, 6.07) is 1.37. The van der Waals surface area contributed by atoms with Gasteiger partial charge in [-0.05, 0) is 25.3 Å². The molecule has 0 aromatic carbocycles. The van der Waals surface area contributed by atoms with Crippen molar-refractivity contribution in [2.24, 2.45) is 7.05 Å². The molecule has 0 spiro atoms. The van der Waals surface area contributed by atoms with E-state index in [0.29, 0.717) is 18.2 Å². The van der Waals surface area contributed by atoms with Gasteiger partial charge in [0, 0.05) is 38.8 Å². The van der Waals surface area contributed by atoms with E-state index in [1.165, 1.54) is 17.5 Å². The smallest absolute Gasteiger partial charge is 0.295 e. The van der Waals surface area contributed by atoms with Crippen molar-refractivity contribution in [2.45, 2.75) is 43.9 Å². The summed E-state index contributed by atoms with van der Waals surface area (Å²) < 4.78 is 41.5. The van der Waals surface area contributed by atoms with Gasteiger partial charge in [-0.3, -0.25) is 9.58 Å². The van der Waals surface area contributed by atoms with Crippen LogP contribution in [0.25, 0.3) is 0 Å². The van der Waals surface area contributed by atoms with Crippen LogP contribution in [0.5, 0.6) is 0 Å². The molecule has 1 aliphatic carbocycles. The third-order valence-electron chi connectivity index (χ3n) is 4.80. The minimum Gasteiger partial charge on any atom is -0.295 e. The molecule has 4 rings (SSSR count). The maximum absolute atomic E-state index is 12.7. The van der Waals surface area contributed by atoms with Crippen molar-refractivity contribution in [1.29, 1.82) is 0 Å². The van der Waals surface area contributed by atoms with E-state index in [-0.39, 0.29) is 6.04 Å². The Morgan fingerprint density at radius 3 is 2.71 bits per heavy atom. The van der Waals surface area contributed by atoms with Crippen LogP contribution in [0.15, 0.2) is 12.3 Å². The second-order valence-corrected chi connectivity index (χ2v) is 6.72. The normalized spacial score (nSPS) is 22.4. The van der Waals surface area contributed by atoms with E-state index in [1.54, 1.807) is 7.05 Å². The molecule has 130 valence electrons. The highest BCUT2D eigenvalue weighted by molar-refractivity contribution is 5.13. The molecule has 2 aromatic rings. The van der Waals surface area contributed by atoms with E-state index in [9.17, 15) is 13.2 Å². The average Bonchev–Trinajstić information content (AvgIpc) is 2.94. The van der Waals surface area contributed by atoms with Crippen molar-refractivity contribution in [3.8, 4) is 0 Å². The van der Waals surface area contributed by atoms with Gasteiger partial charge in [-0.2, -0.15) is 18.3 Å². The van der Waals surface area contributed by atoms with E-state index in [0.717, 1.165) is 31.3 Å². The maximum Gasteiger partial charge on any atom is 0.435 e. The van der Waals surface area contributed by atoms with Crippen LogP contribution in [0.4, 0.5) is 13.2 Å². The van der Waals surface area contributed by atoms with Gasteiger partial charge >= 0.3 is 6.18 Å². The number of aromatic nitrogens is 5. The minimum atomic E-state index is -4.40. The summed E-state index contributed by atoms with van der Waals surface area (Å²) in [7, 11) is 1.55. The first-order valence-corrected chi connectivity index (χ1v) is 8.14. The van der Waals surface area contributed by atoms with Gasteiger partial charge in [0.05, 0.1) is 17.4 Å². The summed E-state index contributed by atoms with van der Waals surface area (Å²) in [5, 5.41) is 12.0. The van der Waals surface area contributed by atoms with E-state index >= 15 is 0 Å². The Labute approximate surface area is 137 Å². The third kappa shape index (κ3) is 3.04. The van der Waals surface area contributed by atoms with Gasteiger partial charge in [0.15, 0.2) is 5.69 Å². The molecule has 0 N–H and O–H groups in total. The number of rotatable bonds is 4. The standard InChI is InChI=1S/C15H19F3N6/c1-22-12(6-14(20-22)15(16,17)18)8-23-5-4-11(7-23)24-9-13(19-21-24)10-2-3-10/h6,9-11H,2-5,7-8H2,1H3. The van der Waals surface area contributed by atoms with Crippen molar-refractivity contribution >= 4 is 0 Å². The third-order valence-corrected chi connectivity index (χ3v) is 4.80. The molecule has 1 saturated heterocycles. The summed E-state index contributed by atoms with van der Waals surface area (Å²) in [4.78, 5) is 2.14. The van der Waals surface area contributed by atoms with E-state index in [4.69, 9.17) is 0 Å². The molecule has 2 aliphatic rings. The Morgan fingerprint density at radius 2 is 2.04 bits per heavy atom. The van der Waals surface area contributed by atoms with E-state index < -0.39 is 11.9 Å². The van der Waals surface area contributed by atoms with Crippen LogP contribution in [0, 0.1) is 0 Å². The molecule has 1 unspecified atom stereocenters. The van der Waals surface area contributed by atoms with Gasteiger partial charge in [0.1, 0.15) is 0 Å². The Kier molecular flexibility index (Phi) is 3.63. The van der Waals surface area contributed by atoms with Crippen LogP contribution in [-0.4, -0.2) is 42.8 Å². The van der Waals surface area contributed by atoms with Crippen LogP contribution in [-0.2, 0) is 19.8 Å². The van der Waals surface area contributed by atoms with Crippen molar-refractivity contribution in [2.75, 3.05) is 13.1 Å². The molecule has 1 atom stereocenters. The fraction of sp³-hybridized carbons (Fsp3) is 0.667. The fourth-order valence-corrected chi connectivity index (χ4v) is 3.23. The molecule has 2 fully saturated rings. The second kappa shape index (κ2) is 5.58. The Bertz CT molecular complexity index is 730. The lowest BCUT2D eigenvalue weighted by atomic mass is 10.2. The van der Waals surface area contributed by atoms with Crippen molar-refractivity contribution in [1.82, 2.24) is 29.7 Å². The molecule has 1 saturated carbocycles. The van der Waals surface area contributed by atoms with Crippen molar-refractivity contribution < 1.29 is 13.2 Å². The largest absolute Gasteiger partial charge is 0.435 e. The maximum atomic E-state index is 12.7. The summed E-state index contributed by atoms with van der Waals surface area (Å²) in [5.74, 6) is 0.575. The van der Waals surface area contributed by atoms with E-state index in [2.05, 4.69) is 20.3 Å². The van der Waals surface area contributed by atoms with Gasteiger partial charge < -0.3 is 0 Å². The molecule has 0 radical (unpaired) electrons. The van der Waals surface area contributed by atoms with Gasteiger partial charge in [-0.1, -0.05) is 5.21 Å². The van der Waals surface area contributed by atoms with Crippen molar-refractivity contribution in [3.05, 3.63) is 29.3 Å². The Balaban J connectivity index is 1.40. The number of nitrogens with zero attached hydrogens (tertiary/aromatic N) is 6. The lowest BCUT2D eigenvalue weighted by Gasteiger charge is -2.15. The summed E-state index contributed by atoms with van der Waals surface area (Å²) in [5.41, 5.74) is 0.802. The molecule has 2 aromatic heterocycles. The van der Waals surface area contributed by atoms with Gasteiger partial charge in [-0.15, -0.1) is 5.10 Å². The summed E-state index contributed by atoms with van der Waals surface area (Å²) in [6.07, 6.45) is 0.938. The first-order chi connectivity index (χ1) is 11.4. The molecule has 3 heterocycles. The lowest BCUT2D eigenvalue weighted by molar-refractivity contribution is -0.141. The minimum absolute atomic E-state index is 0.236. The molecule has 1 aliphatic heterocycles. The second-order valence-electron chi connectivity index (χ2n) is 6.72. The highest BCUT2D eigenvalue weighted by Crippen LogP contribution is 2.39. The van der Waals surface area contributed by atoms with Crippen LogP contribution in [0.2, 0.25) is 0 Å². The number of alkyl halides is 3. The molecular formula is C15H19F3N6. The zero-order valence-electron chi connectivity index (χ0n) is 13.4. The van der Waals surface area contributed by atoms with Crippen LogP contribution < -0.4 is 0 Å². The first-order valence-electron chi connectivity index (χ1n) is 8.14. The highest BCUT2D eigenvalue weighted by atomic mass is 19.4. The molecule has 0 bridgehead atoms. The first kappa shape index (κ1) is 15.6. The fourth-order valence-electron chi connectivity index (χ4n) is 3.23. The number of aryl methyl sites for hydroxylation is 1. The Morgan fingerprint density at radius 1 is 1.25 bits per heavy atom. The molecule has 9 heteroatoms. The lowest BCUT2D eigenvalue weighted by Crippen LogP contribution is -2.22. The zero-order chi connectivity index (χ0) is 16.9. The number of likely N-dealkylation sites (tertiary alicyclic amines) is 1. The van der Waals surface area contributed by atoms with Gasteiger partial charge in [-0.25, -0.2) is 4.68 Å². The predicted molar refractivity (Wildman–Crippen MR) is 79.1 cm³/mol. The monoisotopic (exact) mass is 340 g/mol. The predicted octanol–water partition coefficient (Wildman–Crippen LogP) is 2.35. The quantitative estimate of drug-likeness (QED) is 0.857. The molecule has 0 amide bonds. The number of hydrogen-bond donors (Lipinski definition) is 0. The zero-order valence-corrected chi connectivity index (χ0v) is 13.4. The molecular weight excluding hydrogens is 321 g/mol. The summed E-state index contributed by atoms with van der Waals surface area (Å²) in [6.45, 7) is 2.05. The summed E-state index contributed by atoms with van der Waals surface area (Å²) >= 11 is 0. The number of hydrogen-bond acceptors (Lipinski definition) is 4. The highest BCUT2D eigenvalue weighted by Gasteiger charge is 2.35. The Hall–Kier alpha value is -1.90. The topological polar surface area (TPSA) is 51.8 Å². The molecule has 24 heavy (non-hydrogen) atoms. The van der Waals surface area contributed by atoms with Crippen LogP contribution in [0.1, 0.15) is 48.3 Å². The van der Waals surface area contributed by atoms with Crippen molar-refractivity contribution in [3.63, 3.8) is 0 Å². The average molecular weight is 340 g/mol. The van der Waals surface area contributed by atoms with Crippen LogP contribution in [0.3, 0.4) is 0 Å². The number of halogens is 3. The SMILES string of the molecule is Cn1nc(C(F)(F)F)cc1CN1CCC(n2cc(C3CC3)nn2)C1. The molecule has 6 nitrogen and oxygen atoms in total.